The molecule has 0 saturated carbocycles. The van der Waals surface area contributed by atoms with E-state index in [0.717, 1.165) is 25.0 Å². The number of ether oxygens (including phenoxy) is 1. The van der Waals surface area contributed by atoms with E-state index in [1.54, 1.807) is 12.1 Å². The second-order valence-electron chi connectivity index (χ2n) is 3.50. The first-order valence-electron chi connectivity index (χ1n) is 4.76. The van der Waals surface area contributed by atoms with Crippen LogP contribution in [0.5, 0.6) is 11.5 Å². The highest BCUT2D eigenvalue weighted by Gasteiger charge is 2.22. The van der Waals surface area contributed by atoms with Gasteiger partial charge in [-0.05, 0) is 18.1 Å². The highest BCUT2D eigenvalue weighted by molar-refractivity contribution is 5.42. The monoisotopic (exact) mass is 177 g/mol. The van der Waals surface area contributed by atoms with Gasteiger partial charge in [-0.25, -0.2) is 0 Å². The highest BCUT2D eigenvalue weighted by atomic mass is 16.5. The summed E-state index contributed by atoms with van der Waals surface area (Å²) in [5.41, 5.74) is 1.18. The Morgan fingerprint density at radius 2 is 2.38 bits per heavy atom. The Bertz CT molecular complexity index is 307. The Hall–Kier alpha value is -1.18. The molecule has 0 aliphatic carbocycles. The van der Waals surface area contributed by atoms with Crippen LogP contribution >= 0.6 is 0 Å². The van der Waals surface area contributed by atoms with Crippen LogP contribution in [0.2, 0.25) is 0 Å². The Balaban J connectivity index is 2.16. The van der Waals surface area contributed by atoms with Crippen molar-refractivity contribution in [1.82, 2.24) is 0 Å². The van der Waals surface area contributed by atoms with Crippen molar-refractivity contribution in [2.75, 3.05) is 0 Å². The van der Waals surface area contributed by atoms with Crippen molar-refractivity contribution in [1.29, 1.82) is 0 Å². The van der Waals surface area contributed by atoms with Gasteiger partial charge < -0.3 is 4.74 Å². The molecule has 1 aliphatic heterocycles. The van der Waals surface area contributed by atoms with Crippen LogP contribution in [0.15, 0.2) is 18.2 Å². The summed E-state index contributed by atoms with van der Waals surface area (Å²) in [7, 11) is 0. The van der Waals surface area contributed by atoms with Crippen LogP contribution in [0.25, 0.3) is 0 Å². The molecule has 0 fully saturated rings. The van der Waals surface area contributed by atoms with E-state index in [1.165, 1.54) is 5.56 Å². The third kappa shape index (κ3) is 1.62. The highest BCUT2D eigenvalue weighted by Crippen LogP contribution is 2.33. The summed E-state index contributed by atoms with van der Waals surface area (Å²) in [6.45, 7) is 2.14. The summed E-state index contributed by atoms with van der Waals surface area (Å²) in [6, 6.07) is 5.08. The van der Waals surface area contributed by atoms with Crippen molar-refractivity contribution in [2.24, 2.45) is 0 Å². The lowest BCUT2D eigenvalue weighted by atomic mass is 10.1. The number of hydrogen-bond acceptors (Lipinski definition) is 1. The van der Waals surface area contributed by atoms with E-state index in [1.807, 2.05) is 6.07 Å². The molecule has 0 saturated heterocycles. The predicted molar refractivity (Wildman–Crippen MR) is 49.6 cm³/mol. The van der Waals surface area contributed by atoms with Crippen molar-refractivity contribution >= 4 is 0 Å². The molecule has 1 atom stereocenters. The molecular weight excluding hydrogens is 164 g/mol. The van der Waals surface area contributed by atoms with Gasteiger partial charge in [0.05, 0.1) is 0 Å². The van der Waals surface area contributed by atoms with Crippen LogP contribution in [0.3, 0.4) is 0 Å². The van der Waals surface area contributed by atoms with Gasteiger partial charge in [0.1, 0.15) is 11.9 Å². The number of benzene rings is 1. The maximum absolute atomic E-state index is 11.0. The Morgan fingerprint density at radius 1 is 1.54 bits per heavy atom. The number of rotatable bonds is 2. The third-order valence-corrected chi connectivity index (χ3v) is 2.39. The van der Waals surface area contributed by atoms with Crippen LogP contribution in [-0.2, 0) is 11.5 Å². The molecule has 1 radical (unpaired) electrons. The molecule has 2 nitrogen and oxygen atoms in total. The minimum Gasteiger partial charge on any atom is -0.490 e. The van der Waals surface area contributed by atoms with Gasteiger partial charge in [0, 0.05) is 12.5 Å². The van der Waals surface area contributed by atoms with E-state index in [0.29, 0.717) is 6.10 Å². The molecule has 0 bridgehead atoms. The van der Waals surface area contributed by atoms with E-state index < -0.39 is 0 Å². The first-order chi connectivity index (χ1) is 6.29. The topological polar surface area (TPSA) is 29.1 Å². The van der Waals surface area contributed by atoms with Gasteiger partial charge in [0.2, 0.25) is 0 Å². The normalized spacial score (nSPS) is 19.6. The Kier molecular flexibility index (Phi) is 2.13. The van der Waals surface area contributed by atoms with Crippen molar-refractivity contribution in [3.63, 3.8) is 0 Å². The molecular formula is C11H13O2. The second-order valence-corrected chi connectivity index (χ2v) is 3.50. The summed E-state index contributed by atoms with van der Waals surface area (Å²) in [5.74, 6) is 0.835. The van der Waals surface area contributed by atoms with Crippen LogP contribution < -0.4 is 4.74 Å². The van der Waals surface area contributed by atoms with Gasteiger partial charge >= 0.3 is 0 Å². The molecule has 1 aromatic carbocycles. The Morgan fingerprint density at radius 3 is 3.15 bits per heavy atom. The molecule has 0 spiro atoms. The largest absolute Gasteiger partial charge is 0.490 e. The minimum atomic E-state index is 0.0379. The molecule has 1 aliphatic rings. The lowest BCUT2D eigenvalue weighted by Crippen LogP contribution is -2.11. The van der Waals surface area contributed by atoms with E-state index in [-0.39, 0.29) is 5.75 Å². The molecule has 1 aromatic rings. The predicted octanol–water partition coefficient (Wildman–Crippen LogP) is 2.93. The first kappa shape index (κ1) is 8.42. The zero-order valence-corrected chi connectivity index (χ0v) is 7.75. The number of hydrogen-bond donors (Lipinski definition) is 0. The van der Waals surface area contributed by atoms with Crippen molar-refractivity contribution in [2.45, 2.75) is 32.3 Å². The molecule has 0 amide bonds. The van der Waals surface area contributed by atoms with Crippen molar-refractivity contribution in [3.8, 4) is 11.5 Å². The van der Waals surface area contributed by atoms with E-state index in [9.17, 15) is 5.11 Å². The first-order valence-corrected chi connectivity index (χ1v) is 4.76. The molecule has 1 heterocycles. The van der Waals surface area contributed by atoms with Gasteiger partial charge in [-0.3, -0.25) is 5.11 Å². The summed E-state index contributed by atoms with van der Waals surface area (Å²) in [5, 5.41) is 11.0. The average molecular weight is 177 g/mol. The summed E-state index contributed by atoms with van der Waals surface area (Å²) in [4.78, 5) is 0. The van der Waals surface area contributed by atoms with E-state index in [2.05, 4.69) is 6.92 Å². The van der Waals surface area contributed by atoms with Crippen molar-refractivity contribution < 1.29 is 9.84 Å². The third-order valence-electron chi connectivity index (χ3n) is 2.39. The van der Waals surface area contributed by atoms with Crippen LogP contribution in [0, 0.1) is 0 Å². The molecule has 1 unspecified atom stereocenters. The zero-order valence-electron chi connectivity index (χ0n) is 7.75. The SMILES string of the molecule is CCCC1Cc2ccc([O])cc2O1. The smallest absolute Gasteiger partial charge is 0.182 e. The van der Waals surface area contributed by atoms with Crippen LogP contribution in [0.1, 0.15) is 25.3 Å². The lowest BCUT2D eigenvalue weighted by molar-refractivity contribution is 0.219. The maximum atomic E-state index is 11.0. The summed E-state index contributed by atoms with van der Waals surface area (Å²) < 4.78 is 5.63. The molecule has 13 heavy (non-hydrogen) atoms. The van der Waals surface area contributed by atoms with Gasteiger partial charge in [-0.2, -0.15) is 0 Å². The van der Waals surface area contributed by atoms with Crippen LogP contribution in [0.4, 0.5) is 0 Å². The second kappa shape index (κ2) is 3.29. The Labute approximate surface area is 78.2 Å². The van der Waals surface area contributed by atoms with Crippen LogP contribution in [-0.4, -0.2) is 6.10 Å². The van der Waals surface area contributed by atoms with E-state index in [4.69, 9.17) is 4.74 Å². The fraction of sp³-hybridized carbons (Fsp3) is 0.455. The van der Waals surface area contributed by atoms with Gasteiger partial charge in [-0.15, -0.1) is 0 Å². The lowest BCUT2D eigenvalue weighted by Gasteiger charge is -2.07. The zero-order chi connectivity index (χ0) is 9.26. The van der Waals surface area contributed by atoms with Gasteiger partial charge in [-0.1, -0.05) is 19.4 Å². The molecule has 69 valence electrons. The molecule has 2 heteroatoms. The van der Waals surface area contributed by atoms with E-state index >= 15 is 0 Å². The quantitative estimate of drug-likeness (QED) is 0.682. The molecule has 0 N–H and O–H groups in total. The number of fused-ring (bicyclic) bond motifs is 1. The average Bonchev–Trinajstić information content (AvgIpc) is 2.46. The molecule has 2 rings (SSSR count). The minimum absolute atomic E-state index is 0.0379. The van der Waals surface area contributed by atoms with Crippen molar-refractivity contribution in [3.05, 3.63) is 23.8 Å². The fourth-order valence-electron chi connectivity index (χ4n) is 1.76. The van der Waals surface area contributed by atoms with Gasteiger partial charge in [0.15, 0.2) is 5.75 Å². The summed E-state index contributed by atoms with van der Waals surface area (Å²) in [6.07, 6.45) is 3.46. The standard InChI is InChI=1S/C11H13O2/c1-2-3-10-6-8-4-5-9(12)7-11(8)13-10/h4-5,7,10H,2-3,6H2,1H3. The summed E-state index contributed by atoms with van der Waals surface area (Å²) >= 11 is 0. The van der Waals surface area contributed by atoms with Gasteiger partial charge in [0.25, 0.3) is 0 Å². The maximum Gasteiger partial charge on any atom is 0.182 e. The molecule has 0 aromatic heterocycles. The fourth-order valence-corrected chi connectivity index (χ4v) is 1.76.